The van der Waals surface area contributed by atoms with Crippen LogP contribution in [0.5, 0.6) is 0 Å². The summed E-state index contributed by atoms with van der Waals surface area (Å²) in [5.74, 6) is 1.06. The fraction of sp³-hybridized carbons (Fsp3) is 0.643. The van der Waals surface area contributed by atoms with Gasteiger partial charge in [-0.15, -0.1) is 0 Å². The Morgan fingerprint density at radius 2 is 1.93 bits per heavy atom. The summed E-state index contributed by atoms with van der Waals surface area (Å²) in [6, 6.07) is 0. The molecular weight excluding hydrogens is 184 g/mol. The van der Waals surface area contributed by atoms with Gasteiger partial charge in [-0.25, -0.2) is 0 Å². The normalized spacial score (nSPS) is 30.8. The van der Waals surface area contributed by atoms with Crippen LogP contribution in [0.15, 0.2) is 22.8 Å². The summed E-state index contributed by atoms with van der Waals surface area (Å²) in [5, 5.41) is 0. The van der Waals surface area contributed by atoms with Crippen molar-refractivity contribution in [3.63, 3.8) is 0 Å². The quantitative estimate of drug-likeness (QED) is 0.587. The molecule has 1 saturated carbocycles. The van der Waals surface area contributed by atoms with Crippen molar-refractivity contribution >= 4 is 5.78 Å². The number of Topliss-reactive ketones (excluding diaryl/α,β-unsaturated/α-hetero) is 1. The van der Waals surface area contributed by atoms with Gasteiger partial charge in [-0.2, -0.15) is 0 Å². The fourth-order valence-electron chi connectivity index (χ4n) is 3.34. The third-order valence-corrected chi connectivity index (χ3v) is 4.18. The van der Waals surface area contributed by atoms with E-state index in [0.29, 0.717) is 11.7 Å². The Balaban J connectivity index is 2.01. The Labute approximate surface area is 91.2 Å². The van der Waals surface area contributed by atoms with Crippen molar-refractivity contribution in [1.29, 1.82) is 0 Å². The SMILES string of the molecule is O=C1C[C@H]2CCCC2=CC2=C1CCCC2. The average molecular weight is 202 g/mol. The Morgan fingerprint density at radius 1 is 1.07 bits per heavy atom. The molecule has 0 bridgehead atoms. The van der Waals surface area contributed by atoms with Gasteiger partial charge < -0.3 is 0 Å². The molecule has 1 nitrogen and oxygen atoms in total. The van der Waals surface area contributed by atoms with Crippen molar-refractivity contribution in [2.45, 2.75) is 51.4 Å². The second-order valence-electron chi connectivity index (χ2n) is 5.15. The number of carbonyl (C=O) groups excluding carboxylic acids is 1. The maximum atomic E-state index is 12.1. The van der Waals surface area contributed by atoms with Crippen LogP contribution in [0.3, 0.4) is 0 Å². The van der Waals surface area contributed by atoms with E-state index in [2.05, 4.69) is 6.08 Å². The van der Waals surface area contributed by atoms with Gasteiger partial charge in [0.05, 0.1) is 0 Å². The molecule has 0 spiro atoms. The number of hydrogen-bond acceptors (Lipinski definition) is 1. The first-order valence-corrected chi connectivity index (χ1v) is 6.30. The third-order valence-electron chi connectivity index (χ3n) is 4.18. The molecule has 1 fully saturated rings. The second-order valence-corrected chi connectivity index (χ2v) is 5.15. The van der Waals surface area contributed by atoms with Crippen molar-refractivity contribution in [3.05, 3.63) is 22.8 Å². The minimum atomic E-state index is 0.461. The van der Waals surface area contributed by atoms with Crippen LogP contribution in [0.1, 0.15) is 51.4 Å². The molecule has 0 heterocycles. The van der Waals surface area contributed by atoms with E-state index in [1.807, 2.05) is 0 Å². The van der Waals surface area contributed by atoms with Crippen LogP contribution in [0.2, 0.25) is 0 Å². The summed E-state index contributed by atoms with van der Waals surface area (Å²) in [6.45, 7) is 0. The highest BCUT2D eigenvalue weighted by Crippen LogP contribution is 2.40. The van der Waals surface area contributed by atoms with Crippen LogP contribution in [0.25, 0.3) is 0 Å². The Kier molecular flexibility index (Phi) is 2.27. The minimum absolute atomic E-state index is 0.461. The highest BCUT2D eigenvalue weighted by atomic mass is 16.1. The second kappa shape index (κ2) is 3.62. The zero-order chi connectivity index (χ0) is 10.3. The van der Waals surface area contributed by atoms with Crippen molar-refractivity contribution in [1.82, 2.24) is 0 Å². The largest absolute Gasteiger partial charge is 0.295 e. The van der Waals surface area contributed by atoms with Gasteiger partial charge in [0.15, 0.2) is 5.78 Å². The Morgan fingerprint density at radius 3 is 2.87 bits per heavy atom. The molecule has 80 valence electrons. The topological polar surface area (TPSA) is 17.1 Å². The van der Waals surface area contributed by atoms with Crippen molar-refractivity contribution in [3.8, 4) is 0 Å². The van der Waals surface area contributed by atoms with Crippen LogP contribution < -0.4 is 0 Å². The van der Waals surface area contributed by atoms with E-state index in [0.717, 1.165) is 19.3 Å². The van der Waals surface area contributed by atoms with E-state index in [4.69, 9.17) is 0 Å². The minimum Gasteiger partial charge on any atom is -0.295 e. The Hall–Kier alpha value is -0.850. The highest BCUT2D eigenvalue weighted by molar-refractivity contribution is 5.97. The molecule has 0 aromatic heterocycles. The van der Waals surface area contributed by atoms with Crippen molar-refractivity contribution < 1.29 is 4.79 Å². The predicted octanol–water partition coefficient (Wildman–Crippen LogP) is 3.56. The first kappa shape index (κ1) is 9.38. The van der Waals surface area contributed by atoms with Crippen molar-refractivity contribution in [2.75, 3.05) is 0 Å². The lowest BCUT2D eigenvalue weighted by molar-refractivity contribution is -0.116. The summed E-state index contributed by atoms with van der Waals surface area (Å²) < 4.78 is 0. The van der Waals surface area contributed by atoms with Gasteiger partial charge in [-0.05, 0) is 62.0 Å². The van der Waals surface area contributed by atoms with Crippen LogP contribution in [-0.4, -0.2) is 5.78 Å². The van der Waals surface area contributed by atoms with Gasteiger partial charge in [0.1, 0.15) is 0 Å². The van der Waals surface area contributed by atoms with E-state index in [1.54, 1.807) is 5.57 Å². The molecular formula is C14H18O. The lowest BCUT2D eigenvalue weighted by atomic mass is 9.88. The molecule has 0 aromatic rings. The summed E-state index contributed by atoms with van der Waals surface area (Å²) in [4.78, 5) is 12.1. The molecule has 15 heavy (non-hydrogen) atoms. The maximum absolute atomic E-state index is 12.1. The summed E-state index contributed by atoms with van der Waals surface area (Å²) >= 11 is 0. The highest BCUT2D eigenvalue weighted by Gasteiger charge is 2.29. The zero-order valence-electron chi connectivity index (χ0n) is 9.22. The molecule has 0 saturated heterocycles. The summed E-state index contributed by atoms with van der Waals surface area (Å²) in [7, 11) is 0. The average Bonchev–Trinajstić information content (AvgIpc) is 2.61. The van der Waals surface area contributed by atoms with Gasteiger partial charge in [0.2, 0.25) is 0 Å². The van der Waals surface area contributed by atoms with Gasteiger partial charge in [-0.1, -0.05) is 11.6 Å². The molecule has 0 N–H and O–H groups in total. The van der Waals surface area contributed by atoms with E-state index in [-0.39, 0.29) is 0 Å². The molecule has 0 radical (unpaired) electrons. The first-order valence-electron chi connectivity index (χ1n) is 6.30. The smallest absolute Gasteiger partial charge is 0.159 e. The predicted molar refractivity (Wildman–Crippen MR) is 60.5 cm³/mol. The molecule has 1 atom stereocenters. The monoisotopic (exact) mass is 202 g/mol. The van der Waals surface area contributed by atoms with Gasteiger partial charge in [-0.3, -0.25) is 4.79 Å². The van der Waals surface area contributed by atoms with Crippen LogP contribution in [0, 0.1) is 5.92 Å². The molecule has 0 unspecified atom stereocenters. The summed E-state index contributed by atoms with van der Waals surface area (Å²) in [6.07, 6.45) is 11.7. The number of hydrogen-bond donors (Lipinski definition) is 0. The maximum Gasteiger partial charge on any atom is 0.159 e. The Bertz CT molecular complexity index is 360. The molecule has 0 amide bonds. The van der Waals surface area contributed by atoms with Gasteiger partial charge >= 0.3 is 0 Å². The lowest BCUT2D eigenvalue weighted by Crippen LogP contribution is -2.10. The number of carbonyl (C=O) groups is 1. The fourth-order valence-corrected chi connectivity index (χ4v) is 3.34. The first-order chi connectivity index (χ1) is 7.34. The van der Waals surface area contributed by atoms with E-state index in [1.165, 1.54) is 43.3 Å². The zero-order valence-corrected chi connectivity index (χ0v) is 9.22. The van der Waals surface area contributed by atoms with Crippen LogP contribution in [0.4, 0.5) is 0 Å². The molecule has 1 heteroatoms. The third kappa shape index (κ3) is 1.58. The molecule has 0 aliphatic heterocycles. The molecule has 3 rings (SSSR count). The molecule has 0 aromatic carbocycles. The van der Waals surface area contributed by atoms with Crippen molar-refractivity contribution in [2.24, 2.45) is 5.92 Å². The number of allylic oxidation sites excluding steroid dienone is 4. The number of rotatable bonds is 0. The van der Waals surface area contributed by atoms with Crippen LogP contribution >= 0.6 is 0 Å². The molecule has 3 aliphatic carbocycles. The molecule has 3 aliphatic rings. The van der Waals surface area contributed by atoms with E-state index < -0.39 is 0 Å². The number of fused-ring (bicyclic) bond motifs is 1. The van der Waals surface area contributed by atoms with Gasteiger partial charge in [0.25, 0.3) is 0 Å². The summed E-state index contributed by atoms with van der Waals surface area (Å²) in [5.41, 5.74) is 4.16. The van der Waals surface area contributed by atoms with E-state index >= 15 is 0 Å². The number of ketones is 1. The van der Waals surface area contributed by atoms with Gasteiger partial charge in [0, 0.05) is 6.42 Å². The standard InChI is InChI=1S/C14H18O/c15-14-9-11-6-3-5-10(11)8-12-4-1-2-7-13(12)14/h8,11H,1-7,9H2/t11-/m1/s1. The van der Waals surface area contributed by atoms with Crippen LogP contribution in [-0.2, 0) is 4.79 Å². The lowest BCUT2D eigenvalue weighted by Gasteiger charge is -2.15. The van der Waals surface area contributed by atoms with E-state index in [9.17, 15) is 4.79 Å².